The van der Waals surface area contributed by atoms with Gasteiger partial charge in [0.25, 0.3) is 0 Å². The number of benzene rings is 1. The lowest BCUT2D eigenvalue weighted by molar-refractivity contribution is 0.281. The van der Waals surface area contributed by atoms with Crippen molar-refractivity contribution in [2.75, 3.05) is 0 Å². The molecule has 0 atom stereocenters. The number of aliphatic hydroxyl groups is 1. The van der Waals surface area contributed by atoms with Crippen molar-refractivity contribution in [3.05, 3.63) is 52.9 Å². The third kappa shape index (κ3) is 2.21. The molecule has 0 fully saturated rings. The second-order valence-corrected chi connectivity index (χ2v) is 3.74. The minimum absolute atomic E-state index is 0.0653. The molecule has 0 bridgehead atoms. The van der Waals surface area contributed by atoms with Gasteiger partial charge in [-0.15, -0.1) is 0 Å². The van der Waals surface area contributed by atoms with E-state index in [0.29, 0.717) is 21.8 Å². The summed E-state index contributed by atoms with van der Waals surface area (Å²) in [5, 5.41) is 9.32. The maximum absolute atomic E-state index is 13.1. The zero-order valence-electron chi connectivity index (χ0n) is 8.32. The van der Waals surface area contributed by atoms with Crippen molar-refractivity contribution in [1.82, 2.24) is 4.98 Å². The van der Waals surface area contributed by atoms with Gasteiger partial charge in [-0.1, -0.05) is 17.7 Å². The zero-order chi connectivity index (χ0) is 11.5. The van der Waals surface area contributed by atoms with Gasteiger partial charge in [0.1, 0.15) is 5.82 Å². The molecule has 1 aromatic heterocycles. The van der Waals surface area contributed by atoms with Gasteiger partial charge in [0.05, 0.1) is 17.3 Å². The Bertz CT molecular complexity index is 499. The molecule has 16 heavy (non-hydrogen) atoms. The van der Waals surface area contributed by atoms with Crippen LogP contribution in [0.25, 0.3) is 11.3 Å². The average molecular weight is 238 g/mol. The van der Waals surface area contributed by atoms with Gasteiger partial charge in [0.2, 0.25) is 0 Å². The summed E-state index contributed by atoms with van der Waals surface area (Å²) in [6.07, 6.45) is 1.54. The van der Waals surface area contributed by atoms with Crippen molar-refractivity contribution >= 4 is 11.6 Å². The van der Waals surface area contributed by atoms with Crippen LogP contribution in [0.2, 0.25) is 5.02 Å². The van der Waals surface area contributed by atoms with Gasteiger partial charge in [0, 0.05) is 11.8 Å². The van der Waals surface area contributed by atoms with E-state index in [1.807, 2.05) is 0 Å². The van der Waals surface area contributed by atoms with Gasteiger partial charge in [-0.3, -0.25) is 4.98 Å². The van der Waals surface area contributed by atoms with E-state index in [2.05, 4.69) is 4.98 Å². The van der Waals surface area contributed by atoms with E-state index in [4.69, 9.17) is 16.7 Å². The lowest BCUT2D eigenvalue weighted by atomic mass is 10.1. The summed E-state index contributed by atoms with van der Waals surface area (Å²) in [6, 6.07) is 7.56. The van der Waals surface area contributed by atoms with Crippen molar-refractivity contribution in [3.63, 3.8) is 0 Å². The Labute approximate surface area is 97.3 Å². The minimum atomic E-state index is -0.354. The molecule has 0 aliphatic heterocycles. The predicted molar refractivity (Wildman–Crippen MR) is 60.6 cm³/mol. The smallest absolute Gasteiger partial charge is 0.123 e. The Hall–Kier alpha value is -1.45. The Balaban J connectivity index is 2.45. The topological polar surface area (TPSA) is 33.1 Å². The number of aromatic nitrogens is 1. The average Bonchev–Trinajstić information content (AvgIpc) is 2.32. The second kappa shape index (κ2) is 4.60. The number of nitrogens with zero attached hydrogens (tertiary/aromatic N) is 1. The van der Waals surface area contributed by atoms with Gasteiger partial charge in [-0.2, -0.15) is 0 Å². The van der Waals surface area contributed by atoms with Crippen LogP contribution in [0.15, 0.2) is 36.5 Å². The molecule has 0 saturated carbocycles. The van der Waals surface area contributed by atoms with Crippen LogP contribution in [-0.2, 0) is 6.61 Å². The zero-order valence-corrected chi connectivity index (χ0v) is 9.08. The highest BCUT2D eigenvalue weighted by atomic mass is 35.5. The molecular weight excluding hydrogens is 229 g/mol. The highest BCUT2D eigenvalue weighted by Gasteiger charge is 2.06. The monoisotopic (exact) mass is 237 g/mol. The molecule has 0 radical (unpaired) electrons. The lowest BCUT2D eigenvalue weighted by Crippen LogP contribution is -1.89. The standard InChI is InChI=1S/C12H9ClFNO/c13-11-3-2-9(14)5-10(11)12-4-1-8(7-16)6-15-12/h1-6,16H,7H2. The van der Waals surface area contributed by atoms with Gasteiger partial charge in [0.15, 0.2) is 0 Å². The normalized spacial score (nSPS) is 10.4. The molecule has 0 spiro atoms. The van der Waals surface area contributed by atoms with E-state index in [1.165, 1.54) is 24.4 Å². The van der Waals surface area contributed by atoms with Crippen molar-refractivity contribution in [1.29, 1.82) is 0 Å². The summed E-state index contributed by atoms with van der Waals surface area (Å²) in [5.41, 5.74) is 1.84. The van der Waals surface area contributed by atoms with Gasteiger partial charge in [-0.25, -0.2) is 4.39 Å². The Kier molecular flexibility index (Phi) is 3.17. The minimum Gasteiger partial charge on any atom is -0.392 e. The first-order valence-corrected chi connectivity index (χ1v) is 5.09. The van der Waals surface area contributed by atoms with E-state index in [-0.39, 0.29) is 12.4 Å². The summed E-state index contributed by atoms with van der Waals surface area (Å²) >= 11 is 5.95. The number of rotatable bonds is 2. The van der Waals surface area contributed by atoms with E-state index in [1.54, 1.807) is 12.1 Å². The van der Waals surface area contributed by atoms with Crippen LogP contribution in [0.1, 0.15) is 5.56 Å². The van der Waals surface area contributed by atoms with Crippen molar-refractivity contribution in [3.8, 4) is 11.3 Å². The molecule has 82 valence electrons. The first-order chi connectivity index (χ1) is 7.70. The molecule has 0 aliphatic rings. The van der Waals surface area contributed by atoms with Crippen molar-refractivity contribution in [2.45, 2.75) is 6.61 Å². The number of aliphatic hydroxyl groups excluding tert-OH is 1. The first kappa shape index (κ1) is 11.0. The number of halogens is 2. The summed E-state index contributed by atoms with van der Waals surface area (Å²) in [4.78, 5) is 4.11. The summed E-state index contributed by atoms with van der Waals surface area (Å²) in [5.74, 6) is -0.354. The van der Waals surface area contributed by atoms with E-state index < -0.39 is 0 Å². The molecule has 2 rings (SSSR count). The molecule has 0 saturated heterocycles. The Morgan fingerprint density at radius 2 is 2.06 bits per heavy atom. The summed E-state index contributed by atoms with van der Waals surface area (Å²) in [7, 11) is 0. The Morgan fingerprint density at radius 1 is 1.25 bits per heavy atom. The molecule has 1 aromatic carbocycles. The summed E-state index contributed by atoms with van der Waals surface area (Å²) < 4.78 is 13.1. The molecule has 0 unspecified atom stereocenters. The third-order valence-electron chi connectivity index (χ3n) is 2.21. The maximum Gasteiger partial charge on any atom is 0.123 e. The van der Waals surface area contributed by atoms with Gasteiger partial charge < -0.3 is 5.11 Å². The highest BCUT2D eigenvalue weighted by Crippen LogP contribution is 2.26. The van der Waals surface area contributed by atoms with Gasteiger partial charge in [-0.05, 0) is 29.8 Å². The number of pyridine rings is 1. The second-order valence-electron chi connectivity index (χ2n) is 3.33. The molecule has 1 heterocycles. The Morgan fingerprint density at radius 3 is 2.69 bits per heavy atom. The van der Waals surface area contributed by atoms with E-state index in [0.717, 1.165) is 0 Å². The highest BCUT2D eigenvalue weighted by molar-refractivity contribution is 6.33. The van der Waals surface area contributed by atoms with Crippen LogP contribution in [0.4, 0.5) is 4.39 Å². The fraction of sp³-hybridized carbons (Fsp3) is 0.0833. The van der Waals surface area contributed by atoms with Crippen LogP contribution in [0.3, 0.4) is 0 Å². The van der Waals surface area contributed by atoms with Gasteiger partial charge >= 0.3 is 0 Å². The fourth-order valence-electron chi connectivity index (χ4n) is 1.37. The summed E-state index contributed by atoms with van der Waals surface area (Å²) in [6.45, 7) is -0.0653. The van der Waals surface area contributed by atoms with E-state index >= 15 is 0 Å². The first-order valence-electron chi connectivity index (χ1n) is 4.72. The maximum atomic E-state index is 13.1. The molecule has 2 aromatic rings. The van der Waals surface area contributed by atoms with Crippen LogP contribution >= 0.6 is 11.6 Å². The largest absolute Gasteiger partial charge is 0.392 e. The quantitative estimate of drug-likeness (QED) is 0.871. The predicted octanol–water partition coefficient (Wildman–Crippen LogP) is 3.03. The fourth-order valence-corrected chi connectivity index (χ4v) is 1.59. The third-order valence-corrected chi connectivity index (χ3v) is 2.54. The van der Waals surface area contributed by atoms with Crippen molar-refractivity contribution < 1.29 is 9.50 Å². The van der Waals surface area contributed by atoms with E-state index in [9.17, 15) is 4.39 Å². The van der Waals surface area contributed by atoms with Crippen LogP contribution in [0.5, 0.6) is 0 Å². The lowest BCUT2D eigenvalue weighted by Gasteiger charge is -2.04. The molecule has 0 aliphatic carbocycles. The van der Waals surface area contributed by atoms with Crippen LogP contribution in [0, 0.1) is 5.82 Å². The molecule has 0 amide bonds. The molecule has 2 nitrogen and oxygen atoms in total. The van der Waals surface area contributed by atoms with Crippen LogP contribution < -0.4 is 0 Å². The number of hydrogen-bond donors (Lipinski definition) is 1. The molecular formula is C12H9ClFNO. The number of hydrogen-bond acceptors (Lipinski definition) is 2. The SMILES string of the molecule is OCc1ccc(-c2cc(F)ccc2Cl)nc1. The molecule has 4 heteroatoms. The molecule has 1 N–H and O–H groups in total. The van der Waals surface area contributed by atoms with Crippen molar-refractivity contribution in [2.24, 2.45) is 0 Å². The van der Waals surface area contributed by atoms with Crippen LogP contribution in [-0.4, -0.2) is 10.1 Å².